The van der Waals surface area contributed by atoms with Gasteiger partial charge in [0.1, 0.15) is 58.5 Å². The number of hydrogen-bond donors (Lipinski definition) is 7. The number of aromatic nitrogens is 4. The smallest absolute Gasteiger partial charge is 0.462 e. The number of nitrogen functional groups attached to an aromatic ring is 2. The zero-order chi connectivity index (χ0) is 65.6. The number of carbonyl (C=O) groups is 2. The summed E-state index contributed by atoms with van der Waals surface area (Å²) in [6.45, 7) is 10.8. The van der Waals surface area contributed by atoms with Gasteiger partial charge in [-0.15, -0.1) is 0 Å². The Kier molecular flexibility index (Phi) is 24.1. The number of aliphatic hydroxyl groups is 3. The standard InChI is InChI=1S/C22H30N7O8P.C18H17F5NO5P.C10H14N6O4/c1-13(2)35-19(31)14(3)26-38(33,37-15-8-6-5-7-9-15)34-12-16-18(30)22(4,27-28-24)20(36-16)29-11-10-17(23)25-21(29)32;1-9(2)27-18(25)10(3)24-30(26,28-11-7-5-4-6-8-11)29-17-15(22)13(20)12(19)14(21)16(17)23;1-10(14-15-12)7(18)5(4-17)20-8(10)16-3-2-6(11)13-9(16)19/h5-11,13-14,16,18,20,30H,12H2,1-4H3,(H,26,33)(H2,23,25,32);4-10H,1-3H3,(H,24,26);2-3,5,7-8,17-18H,4H2,1H3,(H2,11,13,19)/t14-,16+,18+,20+,22+,38?;10-,30?;5-,7-,8-,10-/m001/s1. The topological polar surface area (TPSA) is 446 Å². The van der Waals surface area contributed by atoms with E-state index >= 15 is 0 Å². The summed E-state index contributed by atoms with van der Waals surface area (Å²) in [4.78, 5) is 61.2. The highest BCUT2D eigenvalue weighted by Crippen LogP contribution is 2.50. The van der Waals surface area contributed by atoms with Gasteiger partial charge in [-0.25, -0.2) is 31.9 Å². The largest absolute Gasteiger partial charge is 0.513 e. The molecule has 2 aromatic heterocycles. The fraction of sp³-hybridized carbons (Fsp3) is 0.440. The minimum absolute atomic E-state index is 0.0361. The molecule has 38 heteroatoms. The predicted molar refractivity (Wildman–Crippen MR) is 298 cm³/mol. The van der Waals surface area contributed by atoms with Crippen LogP contribution in [0.15, 0.2) is 105 Å². The third-order valence-corrected chi connectivity index (χ3v) is 15.5. The highest BCUT2D eigenvalue weighted by Gasteiger charge is 2.56. The zero-order valence-electron chi connectivity index (χ0n) is 47.7. The summed E-state index contributed by atoms with van der Waals surface area (Å²) < 4.78 is 139. The normalized spacial score (nSPS) is 23.2. The summed E-state index contributed by atoms with van der Waals surface area (Å²) in [6.07, 6.45) is -5.74. The number of ether oxygens (including phenoxy) is 4. The summed E-state index contributed by atoms with van der Waals surface area (Å²) in [5, 5.41) is 42.1. The molecular weight excluding hydrogens is 1230 g/mol. The first-order valence-electron chi connectivity index (χ1n) is 25.9. The van der Waals surface area contributed by atoms with Crippen molar-refractivity contribution in [2.45, 2.75) is 128 Å². The van der Waals surface area contributed by atoms with E-state index in [0.29, 0.717) is 0 Å². The number of para-hydroxylation sites is 2. The molecule has 0 radical (unpaired) electrons. The monoisotopic (exact) mass is 1290 g/mol. The van der Waals surface area contributed by atoms with Gasteiger partial charge in [-0.05, 0) is 103 Å². The Morgan fingerprint density at radius 1 is 0.659 bits per heavy atom. The molecule has 31 nitrogen and oxygen atoms in total. The lowest BCUT2D eigenvalue weighted by molar-refractivity contribution is -0.150. The van der Waals surface area contributed by atoms with Crippen LogP contribution in [0.1, 0.15) is 67.8 Å². The number of halogens is 5. The van der Waals surface area contributed by atoms with Crippen molar-refractivity contribution >= 4 is 39.1 Å². The van der Waals surface area contributed by atoms with Crippen molar-refractivity contribution in [2.24, 2.45) is 10.2 Å². The summed E-state index contributed by atoms with van der Waals surface area (Å²) in [5.74, 6) is -15.2. The molecule has 0 bridgehead atoms. The molecule has 0 amide bonds. The second-order valence-electron chi connectivity index (χ2n) is 19.8. The quantitative estimate of drug-likeness (QED) is 0.00583. The molecule has 0 spiro atoms. The third kappa shape index (κ3) is 17.3. The summed E-state index contributed by atoms with van der Waals surface area (Å²) in [7, 11) is -9.19. The Labute approximate surface area is 496 Å². The molecule has 0 saturated carbocycles. The molecule has 2 aliphatic heterocycles. The molecule has 2 aliphatic rings. The molecule has 0 aliphatic carbocycles. The summed E-state index contributed by atoms with van der Waals surface area (Å²) in [5.41, 5.74) is 24.1. The molecule has 2 saturated heterocycles. The fourth-order valence-corrected chi connectivity index (χ4v) is 11.0. The number of hydrogen-bond acceptors (Lipinski definition) is 23. The minimum Gasteiger partial charge on any atom is -0.462 e. The number of anilines is 2. The Hall–Kier alpha value is -8.23. The highest BCUT2D eigenvalue weighted by atomic mass is 31.2. The molecule has 4 heterocycles. The molecule has 478 valence electrons. The van der Waals surface area contributed by atoms with Gasteiger partial charge in [0.05, 0.1) is 37.6 Å². The lowest BCUT2D eigenvalue weighted by Gasteiger charge is -2.28. The van der Waals surface area contributed by atoms with E-state index in [0.717, 1.165) is 9.13 Å². The van der Waals surface area contributed by atoms with Crippen LogP contribution in [-0.2, 0) is 42.2 Å². The molecule has 2 unspecified atom stereocenters. The van der Waals surface area contributed by atoms with Gasteiger partial charge in [0.25, 0.3) is 0 Å². The van der Waals surface area contributed by atoms with Gasteiger partial charge < -0.3 is 59.3 Å². The second-order valence-corrected chi connectivity index (χ2v) is 23.1. The van der Waals surface area contributed by atoms with Crippen molar-refractivity contribution in [3.63, 3.8) is 0 Å². The van der Waals surface area contributed by atoms with Crippen molar-refractivity contribution in [2.75, 3.05) is 24.7 Å². The van der Waals surface area contributed by atoms with E-state index in [4.69, 9.17) is 55.0 Å². The first-order valence-corrected chi connectivity index (χ1v) is 29.0. The van der Waals surface area contributed by atoms with E-state index < -0.39 is 159 Å². The lowest BCUT2D eigenvalue weighted by Crippen LogP contribution is -2.45. The maximum absolute atomic E-state index is 14.0. The Balaban J connectivity index is 0.000000252. The molecule has 5 aromatic rings. The van der Waals surface area contributed by atoms with Crippen LogP contribution in [0.4, 0.5) is 33.6 Å². The van der Waals surface area contributed by atoms with Crippen LogP contribution in [0, 0.1) is 29.1 Å². The second kappa shape index (κ2) is 30.1. The van der Waals surface area contributed by atoms with Gasteiger partial charge >= 0.3 is 38.8 Å². The van der Waals surface area contributed by atoms with Crippen LogP contribution >= 0.6 is 15.5 Å². The van der Waals surface area contributed by atoms with Gasteiger partial charge in [0, 0.05) is 22.2 Å². The van der Waals surface area contributed by atoms with E-state index in [-0.39, 0.29) is 23.1 Å². The number of nitrogens with zero attached hydrogens (tertiary/aromatic N) is 10. The average molecular weight is 1290 g/mol. The molecule has 9 N–H and O–H groups in total. The van der Waals surface area contributed by atoms with Crippen LogP contribution < -0.4 is 46.6 Å². The Morgan fingerprint density at radius 3 is 1.42 bits per heavy atom. The van der Waals surface area contributed by atoms with E-state index in [1.807, 2.05) is 0 Å². The van der Waals surface area contributed by atoms with Crippen molar-refractivity contribution in [3.8, 4) is 17.2 Å². The molecule has 3 aromatic carbocycles. The Bertz CT molecular complexity index is 3570. The molecular formula is C50H61F5N14O17P2. The lowest BCUT2D eigenvalue weighted by atomic mass is 9.93. The fourth-order valence-electron chi connectivity index (χ4n) is 7.99. The molecule has 2 fully saturated rings. The first-order chi connectivity index (χ1) is 41.3. The van der Waals surface area contributed by atoms with E-state index in [1.54, 1.807) is 38.1 Å². The number of nitrogens with two attached hydrogens (primary N) is 2. The average Bonchev–Trinajstić information content (AvgIpc) is 2.37. The van der Waals surface area contributed by atoms with Gasteiger partial charge in [-0.1, -0.05) is 46.6 Å². The van der Waals surface area contributed by atoms with E-state index in [9.17, 15) is 65.6 Å². The van der Waals surface area contributed by atoms with E-state index in [1.165, 1.54) is 102 Å². The van der Waals surface area contributed by atoms with Crippen molar-refractivity contribution in [1.29, 1.82) is 0 Å². The highest BCUT2D eigenvalue weighted by molar-refractivity contribution is 7.52. The number of carbonyl (C=O) groups excluding carboxylic acids is 2. The van der Waals surface area contributed by atoms with Crippen LogP contribution in [0.3, 0.4) is 0 Å². The predicted octanol–water partition coefficient (Wildman–Crippen LogP) is 6.31. The Morgan fingerprint density at radius 2 is 1.03 bits per heavy atom. The van der Waals surface area contributed by atoms with Crippen LogP contribution in [0.25, 0.3) is 20.9 Å². The van der Waals surface area contributed by atoms with Crippen LogP contribution in [-0.4, -0.2) is 119 Å². The van der Waals surface area contributed by atoms with Gasteiger partial charge in [0.15, 0.2) is 12.5 Å². The SMILES string of the molecule is CC(C)OC(=O)[C@H](C)NP(=O)(OC[C@H]1O[C@@H](n2ccc(N)nc2=O)[C@](C)(N=[N+]=[N-])[C@@H]1O)Oc1ccccc1.CC(C)OC(=O)[C@H](C)NP(=O)(Oc1ccccc1)Oc1c(F)c(F)c(F)c(F)c1F.C[C@@]1(N=[N+]=[N-])[C@H](O)[C@@H](CO)O[C@H]1n1ccc(N)nc1=O. The van der Waals surface area contributed by atoms with Crippen LogP contribution in [0.5, 0.6) is 17.2 Å². The number of esters is 2. The maximum atomic E-state index is 14.0. The maximum Gasteiger partial charge on any atom is 0.513 e. The van der Waals surface area contributed by atoms with Crippen molar-refractivity contribution in [1.82, 2.24) is 29.3 Å². The van der Waals surface area contributed by atoms with Crippen LogP contribution in [0.2, 0.25) is 0 Å². The number of aliphatic hydroxyl groups excluding tert-OH is 3. The molecule has 88 heavy (non-hydrogen) atoms. The number of benzene rings is 3. The summed E-state index contributed by atoms with van der Waals surface area (Å²) >= 11 is 0. The van der Waals surface area contributed by atoms with Crippen molar-refractivity contribution < 1.29 is 93.0 Å². The van der Waals surface area contributed by atoms with E-state index in [2.05, 4.69) is 44.7 Å². The summed E-state index contributed by atoms with van der Waals surface area (Å²) in [6, 6.07) is 15.3. The molecule has 12 atom stereocenters. The van der Waals surface area contributed by atoms with Crippen molar-refractivity contribution in [3.05, 3.63) is 156 Å². The zero-order valence-corrected chi connectivity index (χ0v) is 49.5. The van der Waals surface area contributed by atoms with Gasteiger partial charge in [-0.2, -0.15) is 28.9 Å². The number of rotatable bonds is 22. The minimum atomic E-state index is -4.91. The molecule has 7 rings (SSSR count). The van der Waals surface area contributed by atoms with Gasteiger partial charge in [0.2, 0.25) is 34.8 Å². The van der Waals surface area contributed by atoms with Gasteiger partial charge in [-0.3, -0.25) is 23.2 Å². The number of nitrogens with one attached hydrogen (secondary N) is 2. The first kappa shape index (κ1) is 70.5. The number of azide groups is 2. The third-order valence-electron chi connectivity index (χ3n) is 12.3.